The Morgan fingerprint density at radius 2 is 1.78 bits per heavy atom. The first-order valence-corrected chi connectivity index (χ1v) is 12.3. The van der Waals surface area contributed by atoms with Gasteiger partial charge in [-0.15, -0.1) is 11.3 Å². The Balaban J connectivity index is 1.44. The highest BCUT2D eigenvalue weighted by atomic mass is 32.2. The molecule has 1 aromatic heterocycles. The standard InChI is InChI=1S/C25H21N3O2S2/c1-31-25-27-20-12-11-19(14-22(20)32-25)26-23(29)21-13-17-9-5-6-10-18(17)15-28(21)24(30)16-7-3-2-4-8-16/h2-12,14,21H,13,15H2,1H3,(H,26,29)/t21-/m1/s1. The van der Waals surface area contributed by atoms with E-state index in [0.717, 1.165) is 25.7 Å². The zero-order valence-electron chi connectivity index (χ0n) is 17.4. The molecule has 0 fully saturated rings. The molecule has 0 saturated carbocycles. The molecule has 160 valence electrons. The highest BCUT2D eigenvalue weighted by Gasteiger charge is 2.35. The van der Waals surface area contributed by atoms with Gasteiger partial charge in [0.2, 0.25) is 5.91 Å². The number of fused-ring (bicyclic) bond motifs is 2. The molecule has 2 heterocycles. The molecule has 1 aliphatic rings. The number of thioether (sulfide) groups is 1. The average molecular weight is 460 g/mol. The fraction of sp³-hybridized carbons (Fsp3) is 0.160. The van der Waals surface area contributed by atoms with Crippen molar-refractivity contribution < 1.29 is 9.59 Å². The van der Waals surface area contributed by atoms with Crippen LogP contribution in [0.4, 0.5) is 5.69 Å². The van der Waals surface area contributed by atoms with Crippen LogP contribution in [0.3, 0.4) is 0 Å². The number of carbonyl (C=O) groups is 2. The van der Waals surface area contributed by atoms with Crippen LogP contribution >= 0.6 is 23.1 Å². The van der Waals surface area contributed by atoms with Gasteiger partial charge in [-0.2, -0.15) is 0 Å². The Bertz CT molecular complexity index is 1300. The molecule has 5 nitrogen and oxygen atoms in total. The van der Waals surface area contributed by atoms with Crippen molar-refractivity contribution >= 4 is 50.8 Å². The van der Waals surface area contributed by atoms with Crippen LogP contribution in [-0.2, 0) is 17.8 Å². The van der Waals surface area contributed by atoms with E-state index >= 15 is 0 Å². The molecule has 32 heavy (non-hydrogen) atoms. The molecule has 0 bridgehead atoms. The first-order chi connectivity index (χ1) is 15.6. The molecule has 1 N–H and O–H groups in total. The first kappa shape index (κ1) is 20.7. The molecule has 7 heteroatoms. The predicted octanol–water partition coefficient (Wildman–Crippen LogP) is 5.22. The van der Waals surface area contributed by atoms with Gasteiger partial charge < -0.3 is 10.2 Å². The van der Waals surface area contributed by atoms with E-state index in [1.165, 1.54) is 0 Å². The number of hydrogen-bond donors (Lipinski definition) is 1. The summed E-state index contributed by atoms with van der Waals surface area (Å²) in [7, 11) is 0. The molecule has 3 aromatic carbocycles. The molecule has 4 aromatic rings. The number of nitrogens with zero attached hydrogens (tertiary/aromatic N) is 2. The normalized spacial score (nSPS) is 15.4. The fourth-order valence-electron chi connectivity index (χ4n) is 4.01. The molecule has 0 aliphatic carbocycles. The number of benzene rings is 3. The molecule has 5 rings (SSSR count). The summed E-state index contributed by atoms with van der Waals surface area (Å²) in [5, 5.41) is 3.04. The van der Waals surface area contributed by atoms with E-state index in [1.807, 2.05) is 66.9 Å². The van der Waals surface area contributed by atoms with Gasteiger partial charge in [0.25, 0.3) is 5.91 Å². The number of anilines is 1. The highest BCUT2D eigenvalue weighted by Crippen LogP contribution is 2.31. The van der Waals surface area contributed by atoms with E-state index in [9.17, 15) is 9.59 Å². The average Bonchev–Trinajstić information content (AvgIpc) is 3.26. The number of nitrogens with one attached hydrogen (secondary N) is 1. The second-order valence-corrected chi connectivity index (χ2v) is 9.73. The maximum absolute atomic E-state index is 13.4. The van der Waals surface area contributed by atoms with Crippen molar-refractivity contribution in [3.05, 3.63) is 89.5 Å². The maximum Gasteiger partial charge on any atom is 0.254 e. The van der Waals surface area contributed by atoms with Crippen LogP contribution in [0.1, 0.15) is 21.5 Å². The fourth-order valence-corrected chi connectivity index (χ4v) is 5.54. The topological polar surface area (TPSA) is 62.3 Å². The second kappa shape index (κ2) is 8.76. The van der Waals surface area contributed by atoms with Gasteiger partial charge >= 0.3 is 0 Å². The van der Waals surface area contributed by atoms with E-state index in [1.54, 1.807) is 40.1 Å². The van der Waals surface area contributed by atoms with Crippen molar-refractivity contribution in [2.45, 2.75) is 23.3 Å². The summed E-state index contributed by atoms with van der Waals surface area (Å²) < 4.78 is 2.02. The van der Waals surface area contributed by atoms with E-state index in [2.05, 4.69) is 10.3 Å². The van der Waals surface area contributed by atoms with Gasteiger partial charge in [-0.05, 0) is 47.7 Å². The second-order valence-electron chi connectivity index (χ2n) is 7.64. The zero-order chi connectivity index (χ0) is 22.1. The third kappa shape index (κ3) is 4.01. The van der Waals surface area contributed by atoms with Crippen LogP contribution in [0, 0.1) is 0 Å². The van der Waals surface area contributed by atoms with Gasteiger partial charge in [-0.1, -0.05) is 54.2 Å². The predicted molar refractivity (Wildman–Crippen MR) is 130 cm³/mol. The Morgan fingerprint density at radius 1 is 1.03 bits per heavy atom. The van der Waals surface area contributed by atoms with Gasteiger partial charge in [0.05, 0.1) is 10.2 Å². The molecule has 1 aliphatic heterocycles. The summed E-state index contributed by atoms with van der Waals surface area (Å²) in [5.41, 5.74) is 4.40. The minimum atomic E-state index is -0.587. The monoisotopic (exact) mass is 459 g/mol. The van der Waals surface area contributed by atoms with Crippen LogP contribution in [-0.4, -0.2) is 34.0 Å². The smallest absolute Gasteiger partial charge is 0.254 e. The summed E-state index contributed by atoms with van der Waals surface area (Å²) in [4.78, 5) is 33.0. The van der Waals surface area contributed by atoms with Crippen LogP contribution in [0.15, 0.2) is 77.1 Å². The molecular formula is C25H21N3O2S2. The lowest BCUT2D eigenvalue weighted by Crippen LogP contribution is -2.50. The lowest BCUT2D eigenvalue weighted by Gasteiger charge is -2.36. The third-order valence-electron chi connectivity index (χ3n) is 5.64. The summed E-state index contributed by atoms with van der Waals surface area (Å²) in [5.74, 6) is -0.319. The van der Waals surface area contributed by atoms with E-state index < -0.39 is 6.04 Å². The molecular weight excluding hydrogens is 438 g/mol. The Morgan fingerprint density at radius 3 is 2.56 bits per heavy atom. The Labute approximate surface area is 194 Å². The first-order valence-electron chi connectivity index (χ1n) is 10.3. The number of thiazole rings is 1. The minimum absolute atomic E-state index is 0.136. The molecule has 0 unspecified atom stereocenters. The van der Waals surface area contributed by atoms with E-state index in [4.69, 9.17) is 0 Å². The van der Waals surface area contributed by atoms with Crippen molar-refractivity contribution in [2.75, 3.05) is 11.6 Å². The lowest BCUT2D eigenvalue weighted by atomic mass is 9.92. The Hall–Kier alpha value is -3.16. The lowest BCUT2D eigenvalue weighted by molar-refractivity contribution is -0.121. The van der Waals surface area contributed by atoms with Crippen molar-refractivity contribution in [3.8, 4) is 0 Å². The number of amides is 2. The number of hydrogen-bond acceptors (Lipinski definition) is 5. The quantitative estimate of drug-likeness (QED) is 0.425. The van der Waals surface area contributed by atoms with Gasteiger partial charge in [0.1, 0.15) is 6.04 Å². The van der Waals surface area contributed by atoms with Gasteiger partial charge in [-0.3, -0.25) is 9.59 Å². The summed E-state index contributed by atoms with van der Waals surface area (Å²) in [6.45, 7) is 0.410. The van der Waals surface area contributed by atoms with Crippen LogP contribution in [0.25, 0.3) is 10.2 Å². The maximum atomic E-state index is 13.4. The van der Waals surface area contributed by atoms with Gasteiger partial charge in [0, 0.05) is 24.2 Å². The van der Waals surface area contributed by atoms with Crippen molar-refractivity contribution in [3.63, 3.8) is 0 Å². The van der Waals surface area contributed by atoms with Crippen molar-refractivity contribution in [2.24, 2.45) is 0 Å². The van der Waals surface area contributed by atoms with Crippen molar-refractivity contribution in [1.29, 1.82) is 0 Å². The van der Waals surface area contributed by atoms with Crippen molar-refractivity contribution in [1.82, 2.24) is 9.88 Å². The van der Waals surface area contributed by atoms with Crippen LogP contribution < -0.4 is 5.32 Å². The molecule has 0 radical (unpaired) electrons. The SMILES string of the molecule is CSc1nc2ccc(NC(=O)[C@H]3Cc4ccccc4CN3C(=O)c3ccccc3)cc2s1. The van der Waals surface area contributed by atoms with Gasteiger partial charge in [0.15, 0.2) is 4.34 Å². The zero-order valence-corrected chi connectivity index (χ0v) is 19.1. The number of carbonyl (C=O) groups excluding carboxylic acids is 2. The minimum Gasteiger partial charge on any atom is -0.324 e. The Kier molecular flexibility index (Phi) is 5.68. The molecule has 0 saturated heterocycles. The number of rotatable bonds is 4. The van der Waals surface area contributed by atoms with Crippen LogP contribution in [0.5, 0.6) is 0 Å². The summed E-state index contributed by atoms with van der Waals surface area (Å²) in [6.07, 6.45) is 2.49. The van der Waals surface area contributed by atoms with E-state index in [0.29, 0.717) is 24.2 Å². The summed E-state index contributed by atoms with van der Waals surface area (Å²) >= 11 is 3.21. The third-order valence-corrected chi connectivity index (χ3v) is 7.65. The molecule has 0 spiro atoms. The molecule has 2 amide bonds. The largest absolute Gasteiger partial charge is 0.324 e. The highest BCUT2D eigenvalue weighted by molar-refractivity contribution is 8.00. The van der Waals surface area contributed by atoms with Crippen LogP contribution in [0.2, 0.25) is 0 Å². The van der Waals surface area contributed by atoms with Gasteiger partial charge in [-0.25, -0.2) is 4.98 Å². The number of aromatic nitrogens is 1. The molecule has 1 atom stereocenters. The van der Waals surface area contributed by atoms with E-state index in [-0.39, 0.29) is 11.8 Å². The summed E-state index contributed by atoms with van der Waals surface area (Å²) in [6, 6.07) is 22.3.